The Bertz CT molecular complexity index is 378. The number of rotatable bonds is 3. The molecule has 0 radical (unpaired) electrons. The highest BCUT2D eigenvalue weighted by Gasteiger charge is 2.18. The first kappa shape index (κ1) is 11.4. The number of aryl methyl sites for hydroxylation is 1. The first-order chi connectivity index (χ1) is 6.93. The number of aromatic nitrogens is 2. The first-order valence-corrected chi connectivity index (χ1v) is 4.42. The number of carboxylic acids is 1. The topological polar surface area (TPSA) is 92.3 Å². The van der Waals surface area contributed by atoms with Crippen molar-refractivity contribution in [3.63, 3.8) is 0 Å². The number of nitrogens with two attached hydrogens (primary N) is 1. The molecular formula is C9H14N4O2. The van der Waals surface area contributed by atoms with Gasteiger partial charge in [0.05, 0.1) is 0 Å². The van der Waals surface area contributed by atoms with Crippen LogP contribution in [0.5, 0.6) is 0 Å². The zero-order valence-electron chi connectivity index (χ0n) is 8.93. The third kappa shape index (κ3) is 2.41. The summed E-state index contributed by atoms with van der Waals surface area (Å²) in [5.74, 6) is -0.548. The number of anilines is 1. The quantitative estimate of drug-likeness (QED) is 0.725. The third-order valence-electron chi connectivity index (χ3n) is 2.01. The summed E-state index contributed by atoms with van der Waals surface area (Å²) >= 11 is 0. The molecule has 1 aromatic rings. The van der Waals surface area contributed by atoms with Crippen LogP contribution < -0.4 is 10.6 Å². The monoisotopic (exact) mass is 210 g/mol. The van der Waals surface area contributed by atoms with Crippen molar-refractivity contribution in [2.75, 3.05) is 19.0 Å². The molecule has 0 fully saturated rings. The van der Waals surface area contributed by atoms with Gasteiger partial charge in [0.15, 0.2) is 0 Å². The maximum Gasteiger partial charge on any atom is 0.325 e. The molecule has 0 aromatic carbocycles. The molecule has 0 aliphatic rings. The second kappa shape index (κ2) is 4.22. The molecule has 1 atom stereocenters. The van der Waals surface area contributed by atoms with Crippen molar-refractivity contribution in [2.45, 2.75) is 13.0 Å². The molecule has 15 heavy (non-hydrogen) atoms. The van der Waals surface area contributed by atoms with Crippen molar-refractivity contribution < 1.29 is 9.90 Å². The summed E-state index contributed by atoms with van der Waals surface area (Å²) in [6.45, 7) is 1.72. The van der Waals surface area contributed by atoms with Gasteiger partial charge in [-0.15, -0.1) is 0 Å². The zero-order chi connectivity index (χ0) is 11.6. The number of hydrogen-bond acceptors (Lipinski definition) is 5. The number of aliphatic carboxylic acids is 1. The molecule has 0 amide bonds. The zero-order valence-corrected chi connectivity index (χ0v) is 8.93. The van der Waals surface area contributed by atoms with Crippen LogP contribution in [0.25, 0.3) is 0 Å². The van der Waals surface area contributed by atoms with E-state index in [0.717, 1.165) is 0 Å². The summed E-state index contributed by atoms with van der Waals surface area (Å²) < 4.78 is 0. The molecule has 1 heterocycles. The predicted octanol–water partition coefficient (Wildman–Crippen LogP) is -0.0646. The van der Waals surface area contributed by atoms with Gasteiger partial charge in [-0.2, -0.15) is 0 Å². The second-order valence-corrected chi connectivity index (χ2v) is 3.42. The van der Waals surface area contributed by atoms with Crippen molar-refractivity contribution in [3.05, 3.63) is 17.5 Å². The Balaban J connectivity index is 3.08. The minimum Gasteiger partial charge on any atom is -0.480 e. The standard InChI is InChI=1S/C9H14N4O2/c1-5-6(7(10)8(14)15)4-11-9(12-5)13(2)3/h4,7H,10H2,1-3H3,(H,14,15). The van der Waals surface area contributed by atoms with Gasteiger partial charge in [-0.1, -0.05) is 0 Å². The van der Waals surface area contributed by atoms with E-state index in [1.54, 1.807) is 11.8 Å². The minimum atomic E-state index is -1.08. The lowest BCUT2D eigenvalue weighted by molar-refractivity contribution is -0.138. The SMILES string of the molecule is Cc1nc(N(C)C)ncc1C(N)C(=O)O. The third-order valence-corrected chi connectivity index (χ3v) is 2.01. The minimum absolute atomic E-state index is 0.438. The molecule has 6 nitrogen and oxygen atoms in total. The fourth-order valence-electron chi connectivity index (χ4n) is 1.12. The fourth-order valence-corrected chi connectivity index (χ4v) is 1.12. The predicted molar refractivity (Wildman–Crippen MR) is 55.7 cm³/mol. The Kier molecular flexibility index (Phi) is 3.21. The molecule has 0 saturated carbocycles. The van der Waals surface area contributed by atoms with E-state index in [9.17, 15) is 4.79 Å². The van der Waals surface area contributed by atoms with Crippen molar-refractivity contribution in [3.8, 4) is 0 Å². The fraction of sp³-hybridized carbons (Fsp3) is 0.444. The van der Waals surface area contributed by atoms with Gasteiger partial charge in [-0.25, -0.2) is 9.97 Å². The highest BCUT2D eigenvalue weighted by atomic mass is 16.4. The largest absolute Gasteiger partial charge is 0.480 e. The molecule has 0 saturated heterocycles. The van der Waals surface area contributed by atoms with Gasteiger partial charge in [-0.3, -0.25) is 4.79 Å². The van der Waals surface area contributed by atoms with Crippen LogP contribution in [-0.4, -0.2) is 35.1 Å². The van der Waals surface area contributed by atoms with Crippen LogP contribution in [0, 0.1) is 6.92 Å². The van der Waals surface area contributed by atoms with Gasteiger partial charge >= 0.3 is 5.97 Å². The van der Waals surface area contributed by atoms with E-state index in [1.807, 2.05) is 14.1 Å². The van der Waals surface area contributed by atoms with E-state index in [4.69, 9.17) is 10.8 Å². The van der Waals surface area contributed by atoms with E-state index in [-0.39, 0.29) is 0 Å². The molecule has 3 N–H and O–H groups in total. The summed E-state index contributed by atoms with van der Waals surface area (Å²) in [6, 6.07) is -1.07. The number of hydrogen-bond donors (Lipinski definition) is 2. The Labute approximate surface area is 87.8 Å². The molecule has 0 aliphatic carbocycles. The second-order valence-electron chi connectivity index (χ2n) is 3.42. The van der Waals surface area contributed by atoms with E-state index < -0.39 is 12.0 Å². The lowest BCUT2D eigenvalue weighted by Gasteiger charge is -2.13. The van der Waals surface area contributed by atoms with Crippen molar-refractivity contribution in [1.29, 1.82) is 0 Å². The van der Waals surface area contributed by atoms with Crippen molar-refractivity contribution >= 4 is 11.9 Å². The van der Waals surface area contributed by atoms with Crippen LogP contribution in [0.15, 0.2) is 6.20 Å². The number of carbonyl (C=O) groups is 1. The summed E-state index contributed by atoms with van der Waals surface area (Å²) in [6.07, 6.45) is 1.45. The maximum atomic E-state index is 10.7. The Morgan fingerprint density at radius 2 is 2.20 bits per heavy atom. The van der Waals surface area contributed by atoms with E-state index >= 15 is 0 Å². The van der Waals surface area contributed by atoms with Gasteiger partial charge in [-0.05, 0) is 6.92 Å². The lowest BCUT2D eigenvalue weighted by atomic mass is 10.1. The lowest BCUT2D eigenvalue weighted by Crippen LogP contribution is -2.23. The molecule has 0 aliphatic heterocycles. The molecule has 0 spiro atoms. The highest BCUT2D eigenvalue weighted by molar-refractivity contribution is 5.75. The van der Waals surface area contributed by atoms with Crippen LogP contribution >= 0.6 is 0 Å². The van der Waals surface area contributed by atoms with Gasteiger partial charge in [0, 0.05) is 31.5 Å². The summed E-state index contributed by atoms with van der Waals surface area (Å²) in [5, 5.41) is 8.75. The molecule has 82 valence electrons. The summed E-state index contributed by atoms with van der Waals surface area (Å²) in [7, 11) is 3.62. The van der Waals surface area contributed by atoms with Crippen LogP contribution in [0.4, 0.5) is 5.95 Å². The molecule has 1 aromatic heterocycles. The normalized spacial score (nSPS) is 12.3. The first-order valence-electron chi connectivity index (χ1n) is 4.42. The van der Waals surface area contributed by atoms with E-state index in [1.165, 1.54) is 6.20 Å². The molecule has 0 bridgehead atoms. The highest BCUT2D eigenvalue weighted by Crippen LogP contribution is 2.15. The van der Waals surface area contributed by atoms with E-state index in [2.05, 4.69) is 9.97 Å². The molecule has 1 rings (SSSR count). The number of nitrogens with zero attached hydrogens (tertiary/aromatic N) is 3. The Hall–Kier alpha value is -1.69. The Morgan fingerprint density at radius 1 is 1.60 bits per heavy atom. The van der Waals surface area contributed by atoms with Crippen LogP contribution in [0.1, 0.15) is 17.3 Å². The van der Waals surface area contributed by atoms with Gasteiger partial charge < -0.3 is 15.7 Å². The average molecular weight is 210 g/mol. The summed E-state index contributed by atoms with van der Waals surface area (Å²) in [5.41, 5.74) is 6.50. The summed E-state index contributed by atoms with van der Waals surface area (Å²) in [4.78, 5) is 20.6. The number of carboxylic acid groups (broad SMARTS) is 1. The maximum absolute atomic E-state index is 10.7. The van der Waals surface area contributed by atoms with E-state index in [0.29, 0.717) is 17.2 Å². The van der Waals surface area contributed by atoms with Crippen LogP contribution in [0.2, 0.25) is 0 Å². The van der Waals surface area contributed by atoms with Crippen molar-refractivity contribution in [2.24, 2.45) is 5.73 Å². The van der Waals surface area contributed by atoms with Gasteiger partial charge in [0.1, 0.15) is 6.04 Å². The molecular weight excluding hydrogens is 196 g/mol. The van der Waals surface area contributed by atoms with Crippen LogP contribution in [-0.2, 0) is 4.79 Å². The molecule has 6 heteroatoms. The Morgan fingerprint density at radius 3 is 2.60 bits per heavy atom. The molecule has 1 unspecified atom stereocenters. The smallest absolute Gasteiger partial charge is 0.325 e. The van der Waals surface area contributed by atoms with Crippen LogP contribution in [0.3, 0.4) is 0 Å². The van der Waals surface area contributed by atoms with Gasteiger partial charge in [0.25, 0.3) is 0 Å². The van der Waals surface area contributed by atoms with Gasteiger partial charge in [0.2, 0.25) is 5.95 Å². The van der Waals surface area contributed by atoms with Crippen molar-refractivity contribution in [1.82, 2.24) is 9.97 Å². The average Bonchev–Trinajstić information content (AvgIpc) is 2.16.